The minimum atomic E-state index is -3.61. The molecule has 1 aromatic heterocycles. The van der Waals surface area contributed by atoms with Crippen LogP contribution in [0.25, 0.3) is 0 Å². The van der Waals surface area contributed by atoms with Crippen molar-refractivity contribution in [3.63, 3.8) is 0 Å². The zero-order valence-corrected chi connectivity index (χ0v) is 13.0. The molecule has 6 nitrogen and oxygen atoms in total. The lowest BCUT2D eigenvalue weighted by Gasteiger charge is -2.27. The molecule has 0 fully saturated rings. The highest BCUT2D eigenvalue weighted by Gasteiger charge is 2.22. The minimum absolute atomic E-state index is 0.0995. The second-order valence-electron chi connectivity index (χ2n) is 4.68. The maximum Gasteiger partial charge on any atom is 0.243 e. The van der Waals surface area contributed by atoms with Crippen LogP contribution in [0.5, 0.6) is 0 Å². The van der Waals surface area contributed by atoms with E-state index in [2.05, 4.69) is 9.71 Å². The van der Waals surface area contributed by atoms with E-state index in [9.17, 15) is 8.42 Å². The fraction of sp³-hybridized carbons (Fsp3) is 0.545. The molecule has 19 heavy (non-hydrogen) atoms. The van der Waals surface area contributed by atoms with Crippen LogP contribution in [0.1, 0.15) is 0 Å². The van der Waals surface area contributed by atoms with Crippen molar-refractivity contribution in [3.8, 4) is 0 Å². The first-order chi connectivity index (χ1) is 8.72. The van der Waals surface area contributed by atoms with Crippen LogP contribution in [-0.4, -0.2) is 64.1 Å². The number of halogens is 1. The van der Waals surface area contributed by atoms with Gasteiger partial charge in [-0.15, -0.1) is 0 Å². The third-order valence-electron chi connectivity index (χ3n) is 2.46. The van der Waals surface area contributed by atoms with Crippen LogP contribution in [0.4, 0.5) is 0 Å². The Morgan fingerprint density at radius 3 is 2.37 bits per heavy atom. The summed E-state index contributed by atoms with van der Waals surface area (Å²) in [4.78, 5) is 7.60. The molecule has 8 heteroatoms. The number of nitrogens with one attached hydrogen (secondary N) is 1. The Morgan fingerprint density at radius 1 is 1.32 bits per heavy atom. The van der Waals surface area contributed by atoms with Crippen molar-refractivity contribution in [2.75, 3.05) is 34.7 Å². The highest BCUT2D eigenvalue weighted by molar-refractivity contribution is 7.89. The molecule has 1 rings (SSSR count). The second-order valence-corrected chi connectivity index (χ2v) is 6.78. The lowest BCUT2D eigenvalue weighted by molar-refractivity contribution is 0.217. The van der Waals surface area contributed by atoms with E-state index < -0.39 is 10.0 Å². The number of aromatic nitrogens is 1. The number of likely N-dealkylation sites (N-methyl/N-ethyl adjacent to an activating group) is 2. The summed E-state index contributed by atoms with van der Waals surface area (Å²) in [6.07, 6.45) is 0.920. The fourth-order valence-corrected chi connectivity index (χ4v) is 2.75. The van der Waals surface area contributed by atoms with E-state index in [0.29, 0.717) is 6.54 Å². The first-order valence-electron chi connectivity index (χ1n) is 5.67. The average molecular weight is 307 g/mol. The molecule has 108 valence electrons. The van der Waals surface area contributed by atoms with E-state index in [1.165, 1.54) is 18.3 Å². The van der Waals surface area contributed by atoms with Crippen LogP contribution in [-0.2, 0) is 10.0 Å². The van der Waals surface area contributed by atoms with Gasteiger partial charge in [0, 0.05) is 12.7 Å². The summed E-state index contributed by atoms with van der Waals surface area (Å²) < 4.78 is 27.0. The van der Waals surface area contributed by atoms with Crippen LogP contribution in [0.15, 0.2) is 23.2 Å². The predicted octanol–water partition coefficient (Wildman–Crippen LogP) is 0.463. The van der Waals surface area contributed by atoms with E-state index in [1.807, 2.05) is 33.1 Å². The van der Waals surface area contributed by atoms with Crippen LogP contribution in [0.2, 0.25) is 5.15 Å². The Kier molecular flexibility index (Phi) is 5.69. The first-order valence-corrected chi connectivity index (χ1v) is 7.53. The Balaban J connectivity index is 2.90. The highest BCUT2D eigenvalue weighted by Crippen LogP contribution is 2.11. The van der Waals surface area contributed by atoms with Crippen molar-refractivity contribution < 1.29 is 8.42 Å². The quantitative estimate of drug-likeness (QED) is 0.611. The van der Waals surface area contributed by atoms with Gasteiger partial charge in [0.15, 0.2) is 0 Å². The highest BCUT2D eigenvalue weighted by atomic mass is 35.5. The molecule has 0 aliphatic carbocycles. The first kappa shape index (κ1) is 16.3. The molecule has 0 radical (unpaired) electrons. The largest absolute Gasteiger partial charge is 0.306 e. The Morgan fingerprint density at radius 2 is 1.95 bits per heavy atom. The number of rotatable bonds is 6. The molecule has 0 aromatic carbocycles. The monoisotopic (exact) mass is 306 g/mol. The molecular formula is C11H19ClN4O2S. The smallest absolute Gasteiger partial charge is 0.243 e. The van der Waals surface area contributed by atoms with Crippen LogP contribution in [0.3, 0.4) is 0 Å². The summed E-state index contributed by atoms with van der Waals surface area (Å²) in [5.74, 6) is 0. The zero-order valence-electron chi connectivity index (χ0n) is 11.5. The summed E-state index contributed by atoms with van der Waals surface area (Å²) in [6.45, 7) is 0.563. The second kappa shape index (κ2) is 6.62. The Bertz CT molecular complexity index is 502. The molecule has 0 aliphatic rings. The molecule has 0 spiro atoms. The molecule has 1 aromatic rings. The van der Waals surface area contributed by atoms with E-state index in [-0.39, 0.29) is 16.2 Å². The van der Waals surface area contributed by atoms with Crippen molar-refractivity contribution in [2.45, 2.75) is 11.1 Å². The number of pyridine rings is 1. The van der Waals surface area contributed by atoms with Gasteiger partial charge in [-0.25, -0.2) is 13.4 Å². The van der Waals surface area contributed by atoms with Crippen LogP contribution >= 0.6 is 11.6 Å². The van der Waals surface area contributed by atoms with Gasteiger partial charge in [0.1, 0.15) is 10.0 Å². The molecule has 0 saturated carbocycles. The number of hydrogen-bond donors (Lipinski definition) is 1. The molecule has 1 unspecified atom stereocenters. The van der Waals surface area contributed by atoms with Crippen LogP contribution in [0, 0.1) is 0 Å². The maximum absolute atomic E-state index is 12.2. The third-order valence-corrected chi connectivity index (χ3v) is 4.13. The summed E-state index contributed by atoms with van der Waals surface area (Å²) in [6, 6.07) is 2.88. The van der Waals surface area contributed by atoms with Crippen molar-refractivity contribution in [1.82, 2.24) is 19.5 Å². The fourth-order valence-electron chi connectivity index (χ4n) is 1.42. The van der Waals surface area contributed by atoms with Gasteiger partial charge in [-0.05, 0) is 40.3 Å². The van der Waals surface area contributed by atoms with Gasteiger partial charge >= 0.3 is 0 Å². The van der Waals surface area contributed by atoms with Gasteiger partial charge in [0.05, 0.1) is 6.17 Å². The summed E-state index contributed by atoms with van der Waals surface area (Å²) >= 11 is 5.65. The topological polar surface area (TPSA) is 65.5 Å². The van der Waals surface area contributed by atoms with Gasteiger partial charge < -0.3 is 4.90 Å². The van der Waals surface area contributed by atoms with E-state index in [1.54, 1.807) is 4.90 Å². The summed E-state index contributed by atoms with van der Waals surface area (Å²) in [7, 11) is 3.79. The SMILES string of the molecule is CN(C)CC(NS(=O)(=O)c1ccc(Cl)nc1)N(C)C. The number of nitrogens with zero attached hydrogens (tertiary/aromatic N) is 3. The van der Waals surface area contributed by atoms with E-state index >= 15 is 0 Å². The van der Waals surface area contributed by atoms with Gasteiger partial charge in [-0.1, -0.05) is 11.6 Å². The average Bonchev–Trinajstić information content (AvgIpc) is 2.27. The third kappa shape index (κ3) is 5.04. The maximum atomic E-state index is 12.2. The van der Waals surface area contributed by atoms with Crippen molar-refractivity contribution in [1.29, 1.82) is 0 Å². The lowest BCUT2D eigenvalue weighted by Crippen LogP contribution is -2.50. The molecule has 0 bridgehead atoms. The van der Waals surface area contributed by atoms with Gasteiger partial charge in [-0.2, -0.15) is 4.72 Å². The normalized spacial score (nSPS) is 14.1. The minimum Gasteiger partial charge on any atom is -0.306 e. The molecule has 0 aliphatic heterocycles. The number of hydrogen-bond acceptors (Lipinski definition) is 5. The molecule has 0 saturated heterocycles. The summed E-state index contributed by atoms with van der Waals surface area (Å²) in [5.41, 5.74) is 0. The molecule has 1 N–H and O–H groups in total. The standard InChI is InChI=1S/C11H19ClN4O2S/c1-15(2)8-11(16(3)4)14-19(17,18)9-5-6-10(12)13-7-9/h5-7,11,14H,8H2,1-4H3. The molecular weight excluding hydrogens is 288 g/mol. The van der Waals surface area contributed by atoms with Crippen molar-refractivity contribution in [3.05, 3.63) is 23.5 Å². The lowest BCUT2D eigenvalue weighted by atomic mass is 10.4. The predicted molar refractivity (Wildman–Crippen MR) is 75.6 cm³/mol. The van der Waals surface area contributed by atoms with E-state index in [4.69, 9.17) is 11.6 Å². The zero-order chi connectivity index (χ0) is 14.6. The molecule has 1 heterocycles. The summed E-state index contributed by atoms with van der Waals surface area (Å²) in [5, 5.41) is 0.261. The van der Waals surface area contributed by atoms with Crippen molar-refractivity contribution >= 4 is 21.6 Å². The molecule has 1 atom stereocenters. The van der Waals surface area contributed by atoms with Gasteiger partial charge in [0.25, 0.3) is 0 Å². The van der Waals surface area contributed by atoms with Crippen molar-refractivity contribution in [2.24, 2.45) is 0 Å². The van der Waals surface area contributed by atoms with Gasteiger partial charge in [-0.3, -0.25) is 4.90 Å². The van der Waals surface area contributed by atoms with Gasteiger partial charge in [0.2, 0.25) is 10.0 Å². The van der Waals surface area contributed by atoms with Crippen LogP contribution < -0.4 is 4.72 Å². The molecule has 0 amide bonds. The Labute approximate surface area is 119 Å². The van der Waals surface area contributed by atoms with E-state index in [0.717, 1.165) is 0 Å². The Hall–Kier alpha value is -0.730. The number of sulfonamides is 1.